The van der Waals surface area contributed by atoms with Crippen molar-refractivity contribution in [1.82, 2.24) is 5.32 Å². The number of hydrogen-bond donors (Lipinski definition) is 3. The van der Waals surface area contributed by atoms with Crippen LogP contribution in [0.15, 0.2) is 12.1 Å². The van der Waals surface area contributed by atoms with Crippen LogP contribution in [0.2, 0.25) is 0 Å². The van der Waals surface area contributed by atoms with Gasteiger partial charge in [0.25, 0.3) is 11.6 Å². The number of anilines is 1. The van der Waals surface area contributed by atoms with Crippen molar-refractivity contribution < 1.29 is 18.8 Å². The van der Waals surface area contributed by atoms with E-state index < -0.39 is 22.3 Å². The lowest BCUT2D eigenvalue weighted by molar-refractivity contribution is -0.385. The Morgan fingerprint density at radius 2 is 2.24 bits per heavy atom. The highest BCUT2D eigenvalue weighted by atomic mass is 19.1. The van der Waals surface area contributed by atoms with E-state index in [2.05, 4.69) is 5.32 Å². The summed E-state index contributed by atoms with van der Waals surface area (Å²) in [5, 5.41) is 13.5. The fourth-order valence-electron chi connectivity index (χ4n) is 1.73. The number of hydrazine groups is 1. The quantitative estimate of drug-likeness (QED) is 0.395. The number of nitrogens with zero attached hydrogens (tertiary/aromatic N) is 1. The molecule has 0 heterocycles. The topological polar surface area (TPSA) is 120 Å². The maximum Gasteiger partial charge on any atom is 0.285 e. The lowest BCUT2D eigenvalue weighted by Crippen LogP contribution is -2.37. The first-order chi connectivity index (χ1) is 9.94. The fourth-order valence-corrected chi connectivity index (χ4v) is 1.73. The molecule has 116 valence electrons. The van der Waals surface area contributed by atoms with Gasteiger partial charge >= 0.3 is 0 Å². The van der Waals surface area contributed by atoms with E-state index in [1.165, 1.54) is 7.11 Å². The molecule has 0 radical (unpaired) electrons. The predicted octanol–water partition coefficient (Wildman–Crippen LogP) is 1.17. The molecule has 0 spiro atoms. The predicted molar refractivity (Wildman–Crippen MR) is 74.3 cm³/mol. The van der Waals surface area contributed by atoms with Gasteiger partial charge in [-0.3, -0.25) is 20.8 Å². The van der Waals surface area contributed by atoms with E-state index in [1.807, 2.05) is 12.3 Å². The highest BCUT2D eigenvalue weighted by molar-refractivity contribution is 5.99. The summed E-state index contributed by atoms with van der Waals surface area (Å²) in [5.74, 6) is 3.50. The van der Waals surface area contributed by atoms with Crippen LogP contribution < -0.4 is 16.6 Å². The zero-order chi connectivity index (χ0) is 16.0. The van der Waals surface area contributed by atoms with Gasteiger partial charge in [0.2, 0.25) is 0 Å². The van der Waals surface area contributed by atoms with Crippen molar-refractivity contribution in [1.29, 1.82) is 0 Å². The number of carbonyl (C=O) groups excluding carboxylic acids is 1. The van der Waals surface area contributed by atoms with Crippen molar-refractivity contribution in [3.63, 3.8) is 0 Å². The Balaban J connectivity index is 3.14. The molecule has 21 heavy (non-hydrogen) atoms. The summed E-state index contributed by atoms with van der Waals surface area (Å²) in [4.78, 5) is 22.2. The van der Waals surface area contributed by atoms with Gasteiger partial charge < -0.3 is 15.5 Å². The molecule has 0 saturated carbocycles. The van der Waals surface area contributed by atoms with Crippen molar-refractivity contribution in [2.24, 2.45) is 5.84 Å². The van der Waals surface area contributed by atoms with Crippen LogP contribution >= 0.6 is 0 Å². The summed E-state index contributed by atoms with van der Waals surface area (Å²) in [7, 11) is 1.48. The highest BCUT2D eigenvalue weighted by Gasteiger charge is 2.24. The SMILES string of the molecule is CCC(COC)NC(=O)c1cc(NN)c(F)cc1[N+](=O)[O-]. The molecule has 1 atom stereocenters. The number of ether oxygens (including phenoxy) is 1. The van der Waals surface area contributed by atoms with Crippen molar-refractivity contribution in [2.45, 2.75) is 19.4 Å². The molecule has 1 unspecified atom stereocenters. The number of nitrogen functional groups attached to an aromatic ring is 1. The molecule has 1 aromatic carbocycles. The monoisotopic (exact) mass is 300 g/mol. The summed E-state index contributed by atoms with van der Waals surface area (Å²) in [6.07, 6.45) is 0.580. The van der Waals surface area contributed by atoms with E-state index in [9.17, 15) is 19.3 Å². The first-order valence-electron chi connectivity index (χ1n) is 6.18. The Bertz CT molecular complexity index is 538. The zero-order valence-electron chi connectivity index (χ0n) is 11.7. The Morgan fingerprint density at radius 1 is 1.57 bits per heavy atom. The van der Waals surface area contributed by atoms with Crippen LogP contribution in [0, 0.1) is 15.9 Å². The highest BCUT2D eigenvalue weighted by Crippen LogP contribution is 2.25. The van der Waals surface area contributed by atoms with Gasteiger partial charge in [-0.1, -0.05) is 6.92 Å². The smallest absolute Gasteiger partial charge is 0.285 e. The van der Waals surface area contributed by atoms with Crippen molar-refractivity contribution >= 4 is 17.3 Å². The first-order valence-corrected chi connectivity index (χ1v) is 6.18. The maximum absolute atomic E-state index is 13.5. The molecule has 1 rings (SSSR count). The van der Waals surface area contributed by atoms with Crippen molar-refractivity contribution in [3.8, 4) is 0 Å². The third kappa shape index (κ3) is 4.10. The van der Waals surface area contributed by atoms with E-state index in [0.29, 0.717) is 12.5 Å². The van der Waals surface area contributed by atoms with Crippen LogP contribution in [0.25, 0.3) is 0 Å². The number of nitro groups is 1. The third-order valence-corrected chi connectivity index (χ3v) is 2.88. The fraction of sp³-hybridized carbons (Fsp3) is 0.417. The van der Waals surface area contributed by atoms with E-state index >= 15 is 0 Å². The Morgan fingerprint density at radius 3 is 2.71 bits per heavy atom. The molecule has 0 aliphatic carbocycles. The minimum absolute atomic E-state index is 0.203. The first kappa shape index (κ1) is 16.8. The number of halogens is 1. The van der Waals surface area contributed by atoms with Gasteiger partial charge in [-0.05, 0) is 12.5 Å². The molecule has 8 nitrogen and oxygen atoms in total. The standard InChI is InChI=1S/C12H17FN4O4/c1-3-7(6-21-2)15-12(18)8-4-10(16-14)9(13)5-11(8)17(19)20/h4-5,7,16H,3,6,14H2,1-2H3,(H,15,18). The van der Waals surface area contributed by atoms with Gasteiger partial charge in [-0.15, -0.1) is 0 Å². The second-order valence-electron chi connectivity index (χ2n) is 4.28. The number of nitrogens with two attached hydrogens (primary N) is 1. The molecule has 0 saturated heterocycles. The molecule has 0 fully saturated rings. The molecule has 1 aromatic rings. The lowest BCUT2D eigenvalue weighted by Gasteiger charge is -2.16. The number of rotatable bonds is 7. The van der Waals surface area contributed by atoms with Crippen LogP contribution in [0.1, 0.15) is 23.7 Å². The minimum Gasteiger partial charge on any atom is -0.383 e. The normalized spacial score (nSPS) is 11.8. The number of nitrogens with one attached hydrogen (secondary N) is 2. The molecular weight excluding hydrogens is 283 g/mol. The number of nitro benzene ring substituents is 1. The molecule has 0 bridgehead atoms. The van der Waals surface area contributed by atoms with E-state index in [0.717, 1.165) is 6.07 Å². The molecule has 4 N–H and O–H groups in total. The van der Waals surface area contributed by atoms with Crippen molar-refractivity contribution in [2.75, 3.05) is 19.1 Å². The van der Waals surface area contributed by atoms with E-state index in [1.54, 1.807) is 0 Å². The number of benzene rings is 1. The molecule has 9 heteroatoms. The zero-order valence-corrected chi connectivity index (χ0v) is 11.7. The summed E-state index contributed by atoms with van der Waals surface area (Å²) in [6.45, 7) is 2.09. The summed E-state index contributed by atoms with van der Waals surface area (Å²) >= 11 is 0. The molecule has 0 aliphatic rings. The van der Waals surface area contributed by atoms with Crippen LogP contribution in [-0.2, 0) is 4.74 Å². The number of carbonyl (C=O) groups is 1. The molecular formula is C12H17FN4O4. The van der Waals surface area contributed by atoms with Gasteiger partial charge in [0.05, 0.1) is 29.3 Å². The second kappa shape index (κ2) is 7.50. The molecule has 0 aliphatic heterocycles. The van der Waals surface area contributed by atoms with Crippen LogP contribution in [0.5, 0.6) is 0 Å². The third-order valence-electron chi connectivity index (χ3n) is 2.88. The van der Waals surface area contributed by atoms with Crippen LogP contribution in [-0.4, -0.2) is 30.6 Å². The Hall–Kier alpha value is -2.26. The van der Waals surface area contributed by atoms with E-state index in [4.69, 9.17) is 10.6 Å². The van der Waals surface area contributed by atoms with E-state index in [-0.39, 0.29) is 23.9 Å². The van der Waals surface area contributed by atoms with Gasteiger partial charge in [-0.25, -0.2) is 4.39 Å². The van der Waals surface area contributed by atoms with Gasteiger partial charge in [0.15, 0.2) is 5.82 Å². The lowest BCUT2D eigenvalue weighted by atomic mass is 10.1. The van der Waals surface area contributed by atoms with Crippen LogP contribution in [0.4, 0.5) is 15.8 Å². The maximum atomic E-state index is 13.5. The number of amides is 1. The largest absolute Gasteiger partial charge is 0.383 e. The van der Waals surface area contributed by atoms with Gasteiger partial charge in [-0.2, -0.15) is 0 Å². The van der Waals surface area contributed by atoms with Gasteiger partial charge in [0.1, 0.15) is 5.56 Å². The summed E-state index contributed by atoms with van der Waals surface area (Å²) in [5.41, 5.74) is 0.941. The second-order valence-corrected chi connectivity index (χ2v) is 4.28. The summed E-state index contributed by atoms with van der Waals surface area (Å²) in [6, 6.07) is 1.35. The average Bonchev–Trinajstić information content (AvgIpc) is 2.46. The Kier molecular flexibility index (Phi) is 6.00. The van der Waals surface area contributed by atoms with Gasteiger partial charge in [0, 0.05) is 7.11 Å². The number of hydrogen-bond acceptors (Lipinski definition) is 6. The molecule has 1 amide bonds. The van der Waals surface area contributed by atoms with Crippen molar-refractivity contribution in [3.05, 3.63) is 33.6 Å². The summed E-state index contributed by atoms with van der Waals surface area (Å²) < 4.78 is 18.4. The number of methoxy groups -OCH3 is 1. The average molecular weight is 300 g/mol. The molecule has 0 aromatic heterocycles. The van der Waals surface area contributed by atoms with Crippen LogP contribution in [0.3, 0.4) is 0 Å². The minimum atomic E-state index is -0.912. The Labute approximate surface area is 120 Å².